The maximum atomic E-state index is 14.2. The molecule has 1 aliphatic carbocycles. The number of benzene rings is 1. The van der Waals surface area contributed by atoms with E-state index in [0.717, 1.165) is 29.9 Å². The smallest absolute Gasteiger partial charge is 0.238 e. The molecule has 4 nitrogen and oxygen atoms in total. The summed E-state index contributed by atoms with van der Waals surface area (Å²) in [7, 11) is 0. The highest BCUT2D eigenvalue weighted by atomic mass is 35.5. The molecule has 0 fully saturated rings. The first-order chi connectivity index (χ1) is 12.0. The van der Waals surface area contributed by atoms with Gasteiger partial charge in [-0.05, 0) is 43.9 Å². The second kappa shape index (κ2) is 7.67. The third-order valence-corrected chi connectivity index (χ3v) is 5.09. The quantitative estimate of drug-likeness (QED) is 0.758. The summed E-state index contributed by atoms with van der Waals surface area (Å²) in [6, 6.07) is 4.43. The Morgan fingerprint density at radius 1 is 1.44 bits per heavy atom. The van der Waals surface area contributed by atoms with Crippen LogP contribution in [0.2, 0.25) is 5.02 Å². The van der Waals surface area contributed by atoms with Gasteiger partial charge in [0, 0.05) is 28.5 Å². The van der Waals surface area contributed by atoms with E-state index in [9.17, 15) is 9.18 Å². The first-order valence-electron chi connectivity index (χ1n) is 8.09. The van der Waals surface area contributed by atoms with Gasteiger partial charge in [0.1, 0.15) is 17.5 Å². The Kier molecular flexibility index (Phi) is 5.54. The summed E-state index contributed by atoms with van der Waals surface area (Å²) in [6.45, 7) is 1.96. The van der Waals surface area contributed by atoms with Crippen molar-refractivity contribution >= 4 is 29.1 Å². The lowest BCUT2D eigenvalue weighted by molar-refractivity contribution is -0.131. The van der Waals surface area contributed by atoms with Gasteiger partial charge in [-0.3, -0.25) is 4.79 Å². The molecule has 132 valence electrons. The number of alkyl halides is 1. The van der Waals surface area contributed by atoms with Gasteiger partial charge in [-0.15, -0.1) is 11.6 Å². The molecular weight excluding hydrogens is 364 g/mol. The molecule has 0 bridgehead atoms. The molecule has 1 atom stereocenters. The Bertz CT molecular complexity index is 780. The molecule has 0 radical (unpaired) electrons. The molecule has 1 aliphatic rings. The van der Waals surface area contributed by atoms with Gasteiger partial charge in [0.05, 0.1) is 6.54 Å². The summed E-state index contributed by atoms with van der Waals surface area (Å²) in [4.78, 5) is 22.7. The largest absolute Gasteiger partial charge is 0.334 e. The van der Waals surface area contributed by atoms with E-state index >= 15 is 0 Å². The van der Waals surface area contributed by atoms with Crippen LogP contribution in [0.25, 0.3) is 0 Å². The van der Waals surface area contributed by atoms with Crippen LogP contribution in [0.15, 0.2) is 24.4 Å². The van der Waals surface area contributed by atoms with Crippen molar-refractivity contribution in [2.24, 2.45) is 0 Å². The fourth-order valence-electron chi connectivity index (χ4n) is 3.21. The number of hydrogen-bond acceptors (Lipinski definition) is 3. The Labute approximate surface area is 156 Å². The van der Waals surface area contributed by atoms with E-state index in [1.54, 1.807) is 17.0 Å². The number of aromatic nitrogens is 2. The molecule has 3 rings (SSSR count). The predicted molar refractivity (Wildman–Crippen MR) is 95.3 cm³/mol. The molecule has 25 heavy (non-hydrogen) atoms. The lowest BCUT2D eigenvalue weighted by Crippen LogP contribution is -2.44. The van der Waals surface area contributed by atoms with Crippen LogP contribution in [0, 0.1) is 12.7 Å². The number of rotatable bonds is 4. The molecule has 1 aromatic heterocycles. The number of aryl methyl sites for hydroxylation is 2. The average Bonchev–Trinajstić information content (AvgIpc) is 2.60. The fourth-order valence-corrected chi connectivity index (χ4v) is 3.58. The number of carbonyl (C=O) groups excluding carboxylic acids is 1. The van der Waals surface area contributed by atoms with Gasteiger partial charge >= 0.3 is 0 Å². The molecule has 0 N–H and O–H groups in total. The third-order valence-electron chi connectivity index (χ3n) is 4.51. The van der Waals surface area contributed by atoms with E-state index in [0.29, 0.717) is 17.0 Å². The summed E-state index contributed by atoms with van der Waals surface area (Å²) in [5.74, 6) is -0.0682. The summed E-state index contributed by atoms with van der Waals surface area (Å²) >= 11 is 11.9. The lowest BCUT2D eigenvalue weighted by Gasteiger charge is -2.35. The molecular formula is C18H18Cl2FN3O. The number of carbonyl (C=O) groups is 1. The van der Waals surface area contributed by atoms with Gasteiger partial charge < -0.3 is 4.90 Å². The van der Waals surface area contributed by atoms with Crippen LogP contribution in [0.1, 0.15) is 29.1 Å². The highest BCUT2D eigenvalue weighted by Crippen LogP contribution is 2.27. The SMILES string of the molecule is Cc1ncc2c(n1)CCC(N(Cc1c(F)cccc1Cl)C(=O)CCl)C2. The standard InChI is InChI=1S/C18H18Cl2FN3O/c1-11-22-9-12-7-13(5-6-17(12)23-11)24(18(25)8-19)10-14-15(20)3-2-4-16(14)21/h2-4,9,13H,5-8,10H2,1H3. The van der Waals surface area contributed by atoms with Crippen molar-refractivity contribution in [2.75, 3.05) is 5.88 Å². The summed E-state index contributed by atoms with van der Waals surface area (Å²) < 4.78 is 14.2. The molecule has 2 aromatic rings. The number of fused-ring (bicyclic) bond motifs is 1. The minimum absolute atomic E-state index is 0.0827. The summed E-state index contributed by atoms with van der Waals surface area (Å²) in [5, 5.41) is 0.308. The number of hydrogen-bond donors (Lipinski definition) is 0. The molecule has 1 amide bonds. The van der Waals surface area contributed by atoms with Crippen LogP contribution in [-0.2, 0) is 24.2 Å². The Morgan fingerprint density at radius 3 is 2.96 bits per heavy atom. The van der Waals surface area contributed by atoms with Crippen LogP contribution in [0.5, 0.6) is 0 Å². The van der Waals surface area contributed by atoms with Gasteiger partial charge in [-0.1, -0.05) is 17.7 Å². The zero-order valence-electron chi connectivity index (χ0n) is 13.8. The third kappa shape index (κ3) is 3.93. The second-order valence-corrected chi connectivity index (χ2v) is 6.82. The number of halogens is 3. The topological polar surface area (TPSA) is 46.1 Å². The molecule has 0 spiro atoms. The van der Waals surface area contributed by atoms with Crippen molar-refractivity contribution in [3.63, 3.8) is 0 Å². The first-order valence-corrected chi connectivity index (χ1v) is 9.00. The zero-order valence-corrected chi connectivity index (χ0v) is 15.3. The van der Waals surface area contributed by atoms with Crippen molar-refractivity contribution < 1.29 is 9.18 Å². The highest BCUT2D eigenvalue weighted by Gasteiger charge is 2.29. The number of nitrogens with zero attached hydrogens (tertiary/aromatic N) is 3. The number of amides is 1. The molecule has 1 unspecified atom stereocenters. The fraction of sp³-hybridized carbons (Fsp3) is 0.389. The van der Waals surface area contributed by atoms with Crippen LogP contribution in [0.4, 0.5) is 4.39 Å². The monoisotopic (exact) mass is 381 g/mol. The van der Waals surface area contributed by atoms with Crippen molar-refractivity contribution in [2.45, 2.75) is 38.8 Å². The van der Waals surface area contributed by atoms with Crippen LogP contribution in [-0.4, -0.2) is 32.7 Å². The molecule has 1 aromatic carbocycles. The average molecular weight is 382 g/mol. The van der Waals surface area contributed by atoms with Crippen molar-refractivity contribution in [1.29, 1.82) is 0 Å². The van der Waals surface area contributed by atoms with Gasteiger partial charge in [-0.25, -0.2) is 14.4 Å². The van der Waals surface area contributed by atoms with Crippen molar-refractivity contribution in [3.8, 4) is 0 Å². The Hall–Kier alpha value is -1.72. The van der Waals surface area contributed by atoms with E-state index in [-0.39, 0.29) is 24.4 Å². The second-order valence-electron chi connectivity index (χ2n) is 6.14. The minimum atomic E-state index is -0.421. The van der Waals surface area contributed by atoms with Crippen LogP contribution in [0.3, 0.4) is 0 Å². The zero-order chi connectivity index (χ0) is 18.0. The maximum Gasteiger partial charge on any atom is 0.238 e. The van der Waals surface area contributed by atoms with Gasteiger partial charge in [0.25, 0.3) is 0 Å². The predicted octanol–water partition coefficient (Wildman–Crippen LogP) is 3.70. The molecule has 7 heteroatoms. The van der Waals surface area contributed by atoms with E-state index < -0.39 is 5.82 Å². The van der Waals surface area contributed by atoms with Gasteiger partial charge in [0.2, 0.25) is 5.91 Å². The molecule has 0 saturated carbocycles. The summed E-state index contributed by atoms with van der Waals surface area (Å²) in [5.41, 5.74) is 2.35. The highest BCUT2D eigenvalue weighted by molar-refractivity contribution is 6.31. The van der Waals surface area contributed by atoms with E-state index in [2.05, 4.69) is 9.97 Å². The molecule has 1 heterocycles. The minimum Gasteiger partial charge on any atom is -0.334 e. The Morgan fingerprint density at radius 2 is 2.24 bits per heavy atom. The normalized spacial score (nSPS) is 16.4. The molecule has 0 saturated heterocycles. The van der Waals surface area contributed by atoms with Gasteiger partial charge in [0.15, 0.2) is 0 Å². The first kappa shape index (κ1) is 18.1. The van der Waals surface area contributed by atoms with E-state index in [1.165, 1.54) is 6.07 Å². The van der Waals surface area contributed by atoms with Crippen molar-refractivity contribution in [3.05, 3.63) is 57.9 Å². The van der Waals surface area contributed by atoms with Crippen LogP contribution >= 0.6 is 23.2 Å². The van der Waals surface area contributed by atoms with Crippen LogP contribution < -0.4 is 0 Å². The van der Waals surface area contributed by atoms with Crippen molar-refractivity contribution in [1.82, 2.24) is 14.9 Å². The van der Waals surface area contributed by atoms with E-state index in [1.807, 2.05) is 13.1 Å². The molecule has 0 aliphatic heterocycles. The lowest BCUT2D eigenvalue weighted by atomic mass is 9.91. The summed E-state index contributed by atoms with van der Waals surface area (Å²) in [6.07, 6.45) is 3.94. The maximum absolute atomic E-state index is 14.2. The van der Waals surface area contributed by atoms with Gasteiger partial charge in [-0.2, -0.15) is 0 Å². The van der Waals surface area contributed by atoms with E-state index in [4.69, 9.17) is 23.2 Å². The Balaban J connectivity index is 1.87.